The minimum Gasteiger partial charge on any atom is -0.396 e. The second-order valence-corrected chi connectivity index (χ2v) is 6.69. The fourth-order valence-corrected chi connectivity index (χ4v) is 3.99. The Morgan fingerprint density at radius 3 is 2.52 bits per heavy atom. The Balaban J connectivity index is 1.61. The van der Waals surface area contributed by atoms with Gasteiger partial charge in [0.1, 0.15) is 5.82 Å². The highest BCUT2D eigenvalue weighted by atomic mass is 19.1. The van der Waals surface area contributed by atoms with Gasteiger partial charge in [-0.15, -0.1) is 0 Å². The molecule has 0 radical (unpaired) electrons. The third-order valence-electron chi connectivity index (χ3n) is 5.21. The first-order valence-corrected chi connectivity index (χ1v) is 8.25. The van der Waals surface area contributed by atoms with Crippen LogP contribution in [-0.2, 0) is 4.74 Å². The number of hydrogen-bond acceptors (Lipinski definition) is 2. The van der Waals surface area contributed by atoms with Crippen LogP contribution < -0.4 is 0 Å². The molecule has 2 aliphatic rings. The molecular weight excluding hydrogens is 267 g/mol. The van der Waals surface area contributed by atoms with Crippen molar-refractivity contribution in [2.24, 2.45) is 0 Å². The van der Waals surface area contributed by atoms with Gasteiger partial charge < -0.3 is 9.84 Å². The molecular formula is C18H25FO2. The average Bonchev–Trinajstić information content (AvgIpc) is 2.89. The summed E-state index contributed by atoms with van der Waals surface area (Å²) in [4.78, 5) is 0. The van der Waals surface area contributed by atoms with Gasteiger partial charge in [0.15, 0.2) is 0 Å². The maximum atomic E-state index is 13.0. The van der Waals surface area contributed by atoms with Gasteiger partial charge in [-0.3, -0.25) is 0 Å². The average molecular weight is 292 g/mol. The highest BCUT2D eigenvalue weighted by Crippen LogP contribution is 2.43. The summed E-state index contributed by atoms with van der Waals surface area (Å²) >= 11 is 0. The molecule has 2 nitrogen and oxygen atoms in total. The lowest BCUT2D eigenvalue weighted by atomic mass is 9.83. The van der Waals surface area contributed by atoms with Crippen molar-refractivity contribution >= 4 is 0 Å². The minimum atomic E-state index is -0.228. The molecule has 1 spiro atoms. The monoisotopic (exact) mass is 292 g/mol. The van der Waals surface area contributed by atoms with Crippen LogP contribution >= 0.6 is 0 Å². The maximum absolute atomic E-state index is 13.0. The first-order valence-electron chi connectivity index (χ1n) is 8.25. The second kappa shape index (κ2) is 6.45. The van der Waals surface area contributed by atoms with Crippen LogP contribution in [0.4, 0.5) is 4.39 Å². The third kappa shape index (κ3) is 3.46. The summed E-state index contributed by atoms with van der Waals surface area (Å²) in [6, 6.07) is 6.50. The van der Waals surface area contributed by atoms with Crippen molar-refractivity contribution in [3.05, 3.63) is 35.6 Å². The topological polar surface area (TPSA) is 29.5 Å². The summed E-state index contributed by atoms with van der Waals surface area (Å²) in [5.74, 6) is -0.178. The maximum Gasteiger partial charge on any atom is 0.123 e. The molecule has 1 aliphatic heterocycles. The van der Waals surface area contributed by atoms with Crippen molar-refractivity contribution in [3.63, 3.8) is 0 Å². The van der Waals surface area contributed by atoms with Gasteiger partial charge in [-0.25, -0.2) is 4.39 Å². The summed E-state index contributed by atoms with van der Waals surface area (Å²) in [7, 11) is 0. The largest absolute Gasteiger partial charge is 0.396 e. The molecule has 2 unspecified atom stereocenters. The van der Waals surface area contributed by atoms with Crippen molar-refractivity contribution in [1.82, 2.24) is 0 Å². The normalized spacial score (nSPS) is 26.1. The first kappa shape index (κ1) is 15.0. The van der Waals surface area contributed by atoms with Crippen molar-refractivity contribution in [1.29, 1.82) is 0 Å². The summed E-state index contributed by atoms with van der Waals surface area (Å²) in [6.07, 6.45) is 9.65. The third-order valence-corrected chi connectivity index (χ3v) is 5.21. The van der Waals surface area contributed by atoms with Crippen molar-refractivity contribution in [3.8, 4) is 0 Å². The van der Waals surface area contributed by atoms with E-state index in [0.717, 1.165) is 18.4 Å². The molecule has 1 saturated carbocycles. The highest BCUT2D eigenvalue weighted by molar-refractivity contribution is 5.20. The van der Waals surface area contributed by atoms with E-state index in [9.17, 15) is 9.50 Å². The van der Waals surface area contributed by atoms with Gasteiger partial charge in [0.25, 0.3) is 0 Å². The molecule has 21 heavy (non-hydrogen) atoms. The molecule has 3 rings (SSSR count). The summed E-state index contributed by atoms with van der Waals surface area (Å²) < 4.78 is 19.4. The van der Waals surface area contributed by atoms with Gasteiger partial charge in [-0.2, -0.15) is 0 Å². The Bertz CT molecular complexity index is 451. The van der Waals surface area contributed by atoms with E-state index < -0.39 is 0 Å². The smallest absolute Gasteiger partial charge is 0.123 e. The standard InChI is InChI=1S/C18H25FO2/c19-16-6-4-14(5-7-16)15(13-20)12-17-8-11-18(21-17)9-2-1-3-10-18/h4-7,15,17,20H,1-3,8-13H2. The number of halogens is 1. The van der Waals surface area contributed by atoms with E-state index in [1.165, 1.54) is 50.7 Å². The van der Waals surface area contributed by atoms with Crippen LogP contribution in [0.2, 0.25) is 0 Å². The number of aliphatic hydroxyl groups excluding tert-OH is 1. The van der Waals surface area contributed by atoms with Gasteiger partial charge in [0, 0.05) is 5.92 Å². The minimum absolute atomic E-state index is 0.0503. The molecule has 2 atom stereocenters. The molecule has 0 amide bonds. The zero-order valence-corrected chi connectivity index (χ0v) is 12.6. The number of ether oxygens (including phenoxy) is 1. The second-order valence-electron chi connectivity index (χ2n) is 6.69. The molecule has 1 heterocycles. The SMILES string of the molecule is OCC(CC1CCC2(CCCCC2)O1)c1ccc(F)cc1. The van der Waals surface area contributed by atoms with Gasteiger partial charge in [-0.1, -0.05) is 31.4 Å². The Kier molecular flexibility index (Phi) is 4.60. The van der Waals surface area contributed by atoms with E-state index >= 15 is 0 Å². The Morgan fingerprint density at radius 2 is 1.86 bits per heavy atom. The molecule has 1 saturated heterocycles. The molecule has 2 fully saturated rings. The predicted molar refractivity (Wildman–Crippen MR) is 80.8 cm³/mol. The van der Waals surface area contributed by atoms with E-state index in [4.69, 9.17) is 4.74 Å². The van der Waals surface area contributed by atoms with Gasteiger partial charge >= 0.3 is 0 Å². The number of rotatable bonds is 4. The lowest BCUT2D eigenvalue weighted by molar-refractivity contribution is -0.0685. The zero-order valence-electron chi connectivity index (χ0n) is 12.6. The molecule has 1 N–H and O–H groups in total. The Labute approximate surface area is 126 Å². The van der Waals surface area contributed by atoms with Crippen molar-refractivity contribution in [2.75, 3.05) is 6.61 Å². The van der Waals surface area contributed by atoms with Gasteiger partial charge in [0.05, 0.1) is 18.3 Å². The number of hydrogen-bond donors (Lipinski definition) is 1. The molecule has 116 valence electrons. The zero-order chi connectivity index (χ0) is 14.7. The fraction of sp³-hybridized carbons (Fsp3) is 0.667. The number of aliphatic hydroxyl groups is 1. The highest BCUT2D eigenvalue weighted by Gasteiger charge is 2.41. The van der Waals surface area contributed by atoms with Crippen LogP contribution in [0.1, 0.15) is 62.8 Å². The van der Waals surface area contributed by atoms with Crippen LogP contribution in [-0.4, -0.2) is 23.4 Å². The summed E-state index contributed by atoms with van der Waals surface area (Å²) in [5.41, 5.74) is 1.14. The van der Waals surface area contributed by atoms with Gasteiger partial charge in [-0.05, 0) is 49.8 Å². The molecule has 3 heteroatoms. The molecule has 1 aromatic rings. The molecule has 0 bridgehead atoms. The van der Waals surface area contributed by atoms with Crippen LogP contribution in [0, 0.1) is 5.82 Å². The molecule has 0 aromatic heterocycles. The van der Waals surface area contributed by atoms with Crippen LogP contribution in [0.15, 0.2) is 24.3 Å². The molecule has 1 aliphatic carbocycles. The van der Waals surface area contributed by atoms with Crippen LogP contribution in [0.5, 0.6) is 0 Å². The van der Waals surface area contributed by atoms with E-state index in [-0.39, 0.29) is 30.0 Å². The quantitative estimate of drug-likeness (QED) is 0.902. The van der Waals surface area contributed by atoms with Crippen LogP contribution in [0.25, 0.3) is 0 Å². The first-order chi connectivity index (χ1) is 10.2. The lowest BCUT2D eigenvalue weighted by Gasteiger charge is -2.33. The lowest BCUT2D eigenvalue weighted by Crippen LogP contribution is -2.32. The fourth-order valence-electron chi connectivity index (χ4n) is 3.99. The van der Waals surface area contributed by atoms with Crippen molar-refractivity contribution in [2.45, 2.75) is 69.0 Å². The summed E-state index contributed by atoms with van der Waals surface area (Å²) in [6.45, 7) is 0.0957. The Morgan fingerprint density at radius 1 is 1.14 bits per heavy atom. The van der Waals surface area contributed by atoms with Crippen LogP contribution in [0.3, 0.4) is 0 Å². The van der Waals surface area contributed by atoms with Gasteiger partial charge in [0.2, 0.25) is 0 Å². The van der Waals surface area contributed by atoms with E-state index in [1.807, 2.05) is 0 Å². The molecule has 1 aromatic carbocycles. The number of benzene rings is 1. The Hall–Kier alpha value is -0.930. The summed E-state index contributed by atoms with van der Waals surface area (Å²) in [5, 5.41) is 9.66. The van der Waals surface area contributed by atoms with E-state index in [2.05, 4.69) is 0 Å². The predicted octanol–water partition coefficient (Wildman–Crippen LogP) is 4.17. The van der Waals surface area contributed by atoms with E-state index in [0.29, 0.717) is 0 Å². The van der Waals surface area contributed by atoms with E-state index in [1.54, 1.807) is 12.1 Å². The van der Waals surface area contributed by atoms with Crippen molar-refractivity contribution < 1.29 is 14.2 Å².